The van der Waals surface area contributed by atoms with E-state index >= 15 is 0 Å². The van der Waals surface area contributed by atoms with Crippen molar-refractivity contribution in [1.82, 2.24) is 24.8 Å². The van der Waals surface area contributed by atoms with E-state index in [1.54, 1.807) is 41.5 Å². The van der Waals surface area contributed by atoms with Crippen molar-refractivity contribution in [2.45, 2.75) is 217 Å². The van der Waals surface area contributed by atoms with Crippen LogP contribution in [0.1, 0.15) is 119 Å². The van der Waals surface area contributed by atoms with E-state index in [2.05, 4.69) is 20.3 Å². The first-order chi connectivity index (χ1) is 32.8. The number of aromatic nitrogens is 3. The topological polar surface area (TPSA) is 247 Å². The Kier molecular flexibility index (Phi) is 20.5. The van der Waals surface area contributed by atoms with Crippen LogP contribution in [0.2, 0.25) is 0 Å². The first-order valence-corrected chi connectivity index (χ1v) is 25.5. The molecule has 0 spiro atoms. The molecule has 3 saturated heterocycles. The molecule has 18 atom stereocenters. The molecule has 19 nitrogen and oxygen atoms in total. The van der Waals surface area contributed by atoms with Crippen molar-refractivity contribution in [3.8, 4) is 0 Å². The third kappa shape index (κ3) is 14.2. The van der Waals surface area contributed by atoms with Crippen molar-refractivity contribution in [3.05, 3.63) is 41.7 Å². The van der Waals surface area contributed by atoms with Gasteiger partial charge >= 0.3 is 5.97 Å². The van der Waals surface area contributed by atoms with E-state index in [-0.39, 0.29) is 31.3 Å². The second-order valence-corrected chi connectivity index (χ2v) is 21.6. The smallest absolute Gasteiger partial charge is 0.311 e. The molecule has 70 heavy (non-hydrogen) atoms. The van der Waals surface area contributed by atoms with E-state index in [0.717, 1.165) is 31.5 Å². The molecule has 3 aliphatic heterocycles. The highest BCUT2D eigenvalue weighted by molar-refractivity contribution is 5.73. The fourth-order valence-electron chi connectivity index (χ4n) is 11.0. The molecule has 3 fully saturated rings. The van der Waals surface area contributed by atoms with Crippen LogP contribution in [-0.4, -0.2) is 181 Å². The molecule has 6 N–H and O–H groups in total. The molecule has 1 aromatic carbocycles. The number of benzene rings is 1. The summed E-state index contributed by atoms with van der Waals surface area (Å²) in [5, 5.41) is 71.9. The highest BCUT2D eigenvalue weighted by Gasteiger charge is 2.53. The summed E-state index contributed by atoms with van der Waals surface area (Å²) in [6, 6.07) is 6.74. The Morgan fingerprint density at radius 1 is 0.957 bits per heavy atom. The van der Waals surface area contributed by atoms with E-state index < -0.39 is 102 Å². The van der Waals surface area contributed by atoms with Crippen LogP contribution in [0.4, 0.5) is 5.69 Å². The first kappa shape index (κ1) is 57.8. The molecular formula is C51H87N7O12. The Hall–Kier alpha value is -3.05. The predicted octanol–water partition coefficient (Wildman–Crippen LogP) is 4.79. The number of carbonyl (C=O) groups is 1. The lowest BCUT2D eigenvalue weighted by Gasteiger charge is -2.49. The molecule has 0 unspecified atom stereocenters. The van der Waals surface area contributed by atoms with Crippen LogP contribution in [0.25, 0.3) is 0 Å². The number of nitrogens with zero attached hydrogens (tertiary/aromatic N) is 6. The Balaban J connectivity index is 1.39. The van der Waals surface area contributed by atoms with Gasteiger partial charge < -0.3 is 63.8 Å². The maximum absolute atomic E-state index is 14.5. The number of aliphatic hydroxyl groups excluding tert-OH is 3. The number of unbranched alkanes of at least 4 members (excludes halogenated alkanes) is 1. The van der Waals surface area contributed by atoms with Crippen molar-refractivity contribution < 1.29 is 58.7 Å². The number of aryl methyl sites for hydroxylation is 2. The van der Waals surface area contributed by atoms with Crippen LogP contribution in [-0.2, 0) is 52.6 Å². The van der Waals surface area contributed by atoms with Gasteiger partial charge in [0.15, 0.2) is 12.6 Å². The van der Waals surface area contributed by atoms with Gasteiger partial charge in [-0.05, 0) is 125 Å². The van der Waals surface area contributed by atoms with E-state index in [9.17, 15) is 30.3 Å². The highest BCUT2D eigenvalue weighted by Crippen LogP contribution is 2.40. The van der Waals surface area contributed by atoms with Gasteiger partial charge in [0.2, 0.25) is 0 Å². The first-order valence-electron chi connectivity index (χ1n) is 25.5. The Bertz CT molecular complexity index is 1940. The molecule has 5 rings (SSSR count). The standard InChI is InChI=1S/C51H87N7O12/c1-14-40-51(10,64)44(60)34(6)57(12)28-30(2)26-49(8,63)46(32(4)43(33(5)47(62)68-40)69-41-27-50(9,65-13)45(61)35(7)67-41)70-48-42(59)39(25-31(3)66-48)56(11)24-22-38-29-58(55-54-38)23-16-15-17-36-18-20-37(53-52)21-19-36/h18-21,29-35,39-46,48,52,59-61,63-64H,14-17,22-28H2,1-13H3/t30-,31-,32+,33-,34-,35+,39+,40-,41+,42-,43+,44-,45+,46-,48+,49-,50-,51-/m1/s1. The minimum absolute atomic E-state index is 0.107. The van der Waals surface area contributed by atoms with Gasteiger partial charge in [-0.15, -0.1) is 5.10 Å². The van der Waals surface area contributed by atoms with Crippen molar-refractivity contribution in [3.63, 3.8) is 0 Å². The molecule has 19 heteroatoms. The lowest BCUT2D eigenvalue weighted by Crippen LogP contribution is -2.61. The van der Waals surface area contributed by atoms with E-state index in [4.69, 9.17) is 34.0 Å². The van der Waals surface area contributed by atoms with Crippen molar-refractivity contribution >= 4 is 11.7 Å². The van der Waals surface area contributed by atoms with Crippen LogP contribution in [0.15, 0.2) is 35.6 Å². The summed E-state index contributed by atoms with van der Waals surface area (Å²) in [6.07, 6.45) is -3.54. The van der Waals surface area contributed by atoms with Gasteiger partial charge in [0.05, 0.1) is 52.9 Å². The number of hydrogen-bond acceptors (Lipinski definition) is 18. The number of cyclic esters (lactones) is 1. The largest absolute Gasteiger partial charge is 0.459 e. The van der Waals surface area contributed by atoms with Gasteiger partial charge in [-0.25, -0.2) is 5.53 Å². The number of aliphatic hydroxyl groups is 5. The molecule has 0 bridgehead atoms. The second-order valence-electron chi connectivity index (χ2n) is 21.6. The quantitative estimate of drug-likeness (QED) is 0.0752. The Morgan fingerprint density at radius 2 is 1.64 bits per heavy atom. The summed E-state index contributed by atoms with van der Waals surface area (Å²) in [5.74, 6) is -2.75. The molecule has 0 saturated carbocycles. The SMILES string of the molecule is CC[C@H]1OC(=O)[C@H](C)[C@@H](O[C@H]2C[C@@](C)(OC)[C@@H](O)[C@H](C)O2)[C@H](C)[C@@H](O[C@@H]2O[C@H](C)C[C@H](N(C)CCc3cn(CCCCc4ccc(N=N)cc4)nn3)[C@H]2O)[C@](C)(O)C[C@@H](C)CN(C)[C@H](C)[C@@H](O)[C@]1(C)O. The highest BCUT2D eigenvalue weighted by atomic mass is 16.7. The van der Waals surface area contributed by atoms with E-state index in [1.165, 1.54) is 19.6 Å². The number of esters is 1. The molecule has 3 aliphatic rings. The van der Waals surface area contributed by atoms with Crippen molar-refractivity contribution in [2.75, 3.05) is 34.3 Å². The molecular weight excluding hydrogens is 903 g/mol. The predicted molar refractivity (Wildman–Crippen MR) is 261 cm³/mol. The zero-order chi connectivity index (χ0) is 51.9. The molecule has 398 valence electrons. The van der Waals surface area contributed by atoms with Crippen molar-refractivity contribution in [1.29, 1.82) is 5.53 Å². The molecule has 0 aliphatic carbocycles. The number of carbonyl (C=O) groups excluding carboxylic acids is 1. The van der Waals surface area contributed by atoms with E-state index in [1.807, 2.05) is 74.9 Å². The summed E-state index contributed by atoms with van der Waals surface area (Å²) in [6.45, 7) is 19.3. The van der Waals surface area contributed by atoms with Gasteiger partial charge in [-0.2, -0.15) is 5.11 Å². The summed E-state index contributed by atoms with van der Waals surface area (Å²) >= 11 is 0. The third-order valence-electron chi connectivity index (χ3n) is 15.6. The monoisotopic (exact) mass is 990 g/mol. The number of rotatable bonds is 16. The average molecular weight is 990 g/mol. The van der Waals surface area contributed by atoms with Crippen molar-refractivity contribution in [2.24, 2.45) is 22.9 Å². The number of nitrogens with one attached hydrogen (secondary N) is 1. The lowest BCUT2D eigenvalue weighted by molar-refractivity contribution is -0.318. The molecule has 0 amide bonds. The molecule has 4 heterocycles. The summed E-state index contributed by atoms with van der Waals surface area (Å²) in [5.41, 5.74) is 5.32. The third-order valence-corrected chi connectivity index (χ3v) is 15.6. The van der Waals surface area contributed by atoms with Gasteiger partial charge in [-0.3, -0.25) is 9.48 Å². The van der Waals surface area contributed by atoms with E-state index in [0.29, 0.717) is 31.6 Å². The summed E-state index contributed by atoms with van der Waals surface area (Å²) in [4.78, 5) is 18.5. The number of ether oxygens (including phenoxy) is 6. The van der Waals surface area contributed by atoms with Crippen LogP contribution < -0.4 is 0 Å². The van der Waals surface area contributed by atoms with Crippen LogP contribution in [0.3, 0.4) is 0 Å². The van der Waals surface area contributed by atoms with Crippen LogP contribution in [0, 0.1) is 23.3 Å². The Labute approximate surface area is 416 Å². The fourth-order valence-corrected chi connectivity index (χ4v) is 11.0. The zero-order valence-corrected chi connectivity index (χ0v) is 44.1. The van der Waals surface area contributed by atoms with Gasteiger partial charge in [0.25, 0.3) is 0 Å². The maximum Gasteiger partial charge on any atom is 0.311 e. The number of methoxy groups -OCH3 is 1. The average Bonchev–Trinajstić information content (AvgIpc) is 3.78. The lowest BCUT2D eigenvalue weighted by atomic mass is 9.77. The summed E-state index contributed by atoms with van der Waals surface area (Å²) < 4.78 is 40.2. The van der Waals surface area contributed by atoms with Crippen LogP contribution in [0.5, 0.6) is 0 Å². The fraction of sp³-hybridized carbons (Fsp3) is 0.824. The minimum Gasteiger partial charge on any atom is -0.459 e. The van der Waals surface area contributed by atoms with Crippen LogP contribution >= 0.6 is 0 Å². The molecule has 2 aromatic rings. The minimum atomic E-state index is -1.83. The second kappa shape index (κ2) is 24.8. The summed E-state index contributed by atoms with van der Waals surface area (Å²) in [7, 11) is 5.30. The molecule has 0 radical (unpaired) electrons. The number of hydrogen-bond donors (Lipinski definition) is 6. The van der Waals surface area contributed by atoms with Gasteiger partial charge in [0.1, 0.15) is 30.0 Å². The zero-order valence-electron chi connectivity index (χ0n) is 44.1. The Morgan fingerprint density at radius 3 is 2.29 bits per heavy atom. The molecule has 1 aromatic heterocycles. The van der Waals surface area contributed by atoms with Gasteiger partial charge in [0, 0.05) is 63.8 Å². The maximum atomic E-state index is 14.5. The number of likely N-dealkylation sites (N-methyl/N-ethyl adjacent to an activating group) is 2. The van der Waals surface area contributed by atoms with Gasteiger partial charge in [-0.1, -0.05) is 38.1 Å². The normalized spacial score (nSPS) is 39.8.